The molecule has 27 heavy (non-hydrogen) atoms. The highest BCUT2D eigenvalue weighted by molar-refractivity contribution is 6.33. The number of halogens is 1. The molecular weight excluding hydrogens is 372 g/mol. The van der Waals surface area contributed by atoms with Crippen molar-refractivity contribution in [1.29, 1.82) is 0 Å². The van der Waals surface area contributed by atoms with Crippen LogP contribution in [-0.2, 0) is 23.9 Å². The molecule has 3 amide bonds. The zero-order valence-corrected chi connectivity index (χ0v) is 15.3. The highest BCUT2D eigenvalue weighted by Crippen LogP contribution is 2.35. The second kappa shape index (κ2) is 8.35. The van der Waals surface area contributed by atoms with E-state index in [9.17, 15) is 19.2 Å². The van der Waals surface area contributed by atoms with Gasteiger partial charge in [-0.2, -0.15) is 0 Å². The first-order valence-electron chi connectivity index (χ1n) is 8.67. The van der Waals surface area contributed by atoms with Crippen molar-refractivity contribution >= 4 is 41.0 Å². The number of hydrogen-bond acceptors (Lipinski definition) is 5. The largest absolute Gasteiger partial charge is 0.456 e. The average Bonchev–Trinajstić information content (AvgIpc) is 2.91. The number of allylic oxidation sites excluding steroid dienone is 2. The molecule has 1 fully saturated rings. The SMILES string of the molecule is O=C(COC(=O)CCN1C(=O)[C@@H]2CC=CC[C@H]2C1=O)Nc1ccccc1Cl. The Morgan fingerprint density at radius 2 is 1.74 bits per heavy atom. The third kappa shape index (κ3) is 4.36. The van der Waals surface area contributed by atoms with E-state index >= 15 is 0 Å². The molecule has 1 saturated heterocycles. The van der Waals surface area contributed by atoms with Crippen molar-refractivity contribution < 1.29 is 23.9 Å². The number of nitrogens with zero attached hydrogens (tertiary/aromatic N) is 1. The number of likely N-dealkylation sites (tertiary alicyclic amines) is 1. The smallest absolute Gasteiger partial charge is 0.308 e. The molecule has 1 aliphatic carbocycles. The molecule has 0 radical (unpaired) electrons. The molecule has 3 rings (SSSR count). The Bertz CT molecular complexity index is 781. The standard InChI is InChI=1S/C19H19ClN2O5/c20-14-7-3-4-8-15(14)21-16(23)11-27-17(24)9-10-22-18(25)12-5-1-2-6-13(12)19(22)26/h1-4,7-8,12-13H,5-6,9-11H2,(H,21,23)/t12-,13-/m1/s1. The minimum absolute atomic E-state index is 0.0321. The quantitative estimate of drug-likeness (QED) is 0.456. The van der Waals surface area contributed by atoms with E-state index in [1.54, 1.807) is 24.3 Å². The Morgan fingerprint density at radius 1 is 1.11 bits per heavy atom. The third-order valence-corrected chi connectivity index (χ3v) is 4.98. The summed E-state index contributed by atoms with van der Waals surface area (Å²) >= 11 is 5.94. The molecule has 1 N–H and O–H groups in total. The van der Waals surface area contributed by atoms with E-state index in [2.05, 4.69) is 5.32 Å². The van der Waals surface area contributed by atoms with Crippen molar-refractivity contribution in [2.45, 2.75) is 19.3 Å². The van der Waals surface area contributed by atoms with Crippen molar-refractivity contribution in [3.8, 4) is 0 Å². The van der Waals surface area contributed by atoms with E-state index in [1.807, 2.05) is 12.2 Å². The Morgan fingerprint density at radius 3 is 2.37 bits per heavy atom. The molecule has 1 aromatic carbocycles. The monoisotopic (exact) mass is 390 g/mol. The van der Waals surface area contributed by atoms with Crippen molar-refractivity contribution in [3.63, 3.8) is 0 Å². The van der Waals surface area contributed by atoms with Gasteiger partial charge < -0.3 is 10.1 Å². The van der Waals surface area contributed by atoms with Crippen molar-refractivity contribution in [1.82, 2.24) is 4.90 Å². The van der Waals surface area contributed by atoms with Crippen LogP contribution >= 0.6 is 11.6 Å². The lowest BCUT2D eigenvalue weighted by Gasteiger charge is -2.14. The van der Waals surface area contributed by atoms with Gasteiger partial charge in [-0.15, -0.1) is 0 Å². The summed E-state index contributed by atoms with van der Waals surface area (Å²) < 4.78 is 4.91. The summed E-state index contributed by atoms with van der Waals surface area (Å²) in [5.41, 5.74) is 0.421. The van der Waals surface area contributed by atoms with Gasteiger partial charge in [-0.05, 0) is 25.0 Å². The number of rotatable bonds is 6. The number of nitrogens with one attached hydrogen (secondary N) is 1. The number of fused-ring (bicyclic) bond motifs is 1. The molecule has 142 valence electrons. The van der Waals surface area contributed by atoms with E-state index in [-0.39, 0.29) is 36.6 Å². The molecule has 1 aromatic rings. The van der Waals surface area contributed by atoms with Crippen molar-refractivity contribution in [3.05, 3.63) is 41.4 Å². The molecule has 0 bridgehead atoms. The van der Waals surface area contributed by atoms with E-state index in [0.29, 0.717) is 23.6 Å². The van der Waals surface area contributed by atoms with Gasteiger partial charge in [0.25, 0.3) is 5.91 Å². The van der Waals surface area contributed by atoms with Crippen LogP contribution in [0.5, 0.6) is 0 Å². The van der Waals surface area contributed by atoms with Crippen LogP contribution in [0, 0.1) is 11.8 Å². The first-order valence-corrected chi connectivity index (χ1v) is 9.05. The van der Waals surface area contributed by atoms with Crippen molar-refractivity contribution in [2.24, 2.45) is 11.8 Å². The average molecular weight is 391 g/mol. The number of imide groups is 1. The van der Waals surface area contributed by atoms with Gasteiger partial charge in [0.2, 0.25) is 11.8 Å². The normalized spacial score (nSPS) is 21.1. The summed E-state index contributed by atoms with van der Waals surface area (Å²) in [4.78, 5) is 49.4. The zero-order chi connectivity index (χ0) is 19.4. The maximum atomic E-state index is 12.3. The van der Waals surface area contributed by atoms with Gasteiger partial charge in [-0.3, -0.25) is 24.1 Å². The summed E-state index contributed by atoms with van der Waals surface area (Å²) in [5.74, 6) is -2.29. The molecule has 8 heteroatoms. The lowest BCUT2D eigenvalue weighted by atomic mass is 9.85. The summed E-state index contributed by atoms with van der Waals surface area (Å²) in [7, 11) is 0. The summed E-state index contributed by atoms with van der Waals surface area (Å²) in [6.07, 6.45) is 4.77. The van der Waals surface area contributed by atoms with E-state index in [0.717, 1.165) is 4.90 Å². The zero-order valence-electron chi connectivity index (χ0n) is 14.5. The predicted octanol–water partition coefficient (Wildman–Crippen LogP) is 2.16. The van der Waals surface area contributed by atoms with Crippen LogP contribution < -0.4 is 5.32 Å². The Kier molecular flexibility index (Phi) is 5.91. The van der Waals surface area contributed by atoms with E-state index in [4.69, 9.17) is 16.3 Å². The number of ether oxygens (including phenoxy) is 1. The fourth-order valence-corrected chi connectivity index (χ4v) is 3.44. The Hall–Kier alpha value is -2.67. The third-order valence-electron chi connectivity index (χ3n) is 4.65. The van der Waals surface area contributed by atoms with Gasteiger partial charge >= 0.3 is 5.97 Å². The van der Waals surface area contributed by atoms with Crippen LogP contribution in [0.3, 0.4) is 0 Å². The number of anilines is 1. The lowest BCUT2D eigenvalue weighted by molar-refractivity contribution is -0.148. The lowest BCUT2D eigenvalue weighted by Crippen LogP contribution is -2.33. The molecule has 2 aliphatic rings. The molecule has 0 saturated carbocycles. The molecule has 0 unspecified atom stereocenters. The maximum absolute atomic E-state index is 12.3. The number of carbonyl (C=O) groups excluding carboxylic acids is 4. The van der Waals surface area contributed by atoms with Gasteiger partial charge in [0.15, 0.2) is 6.61 Å². The number of benzene rings is 1. The van der Waals surface area contributed by atoms with Crippen molar-refractivity contribution in [2.75, 3.05) is 18.5 Å². The van der Waals surface area contributed by atoms with Crippen LogP contribution in [0.4, 0.5) is 5.69 Å². The highest BCUT2D eigenvalue weighted by atomic mass is 35.5. The first kappa shape index (κ1) is 19.1. The number of amides is 3. The first-order chi connectivity index (χ1) is 13.0. The molecule has 1 aliphatic heterocycles. The second-order valence-electron chi connectivity index (χ2n) is 6.42. The number of para-hydroxylation sites is 1. The minimum atomic E-state index is -0.655. The topological polar surface area (TPSA) is 92.8 Å². The predicted molar refractivity (Wildman–Crippen MR) is 97.7 cm³/mol. The molecule has 1 heterocycles. The summed E-state index contributed by atoms with van der Waals surface area (Å²) in [6.45, 7) is -0.503. The Labute approximate surface area is 161 Å². The van der Waals surface area contributed by atoms with Gasteiger partial charge in [-0.1, -0.05) is 35.9 Å². The Balaban J connectivity index is 1.43. The van der Waals surface area contributed by atoms with Gasteiger partial charge in [0.05, 0.1) is 29.0 Å². The summed E-state index contributed by atoms with van der Waals surface area (Å²) in [6, 6.07) is 6.69. The van der Waals surface area contributed by atoms with E-state index in [1.165, 1.54) is 0 Å². The van der Waals surface area contributed by atoms with Crippen LogP contribution in [0.25, 0.3) is 0 Å². The van der Waals surface area contributed by atoms with Gasteiger partial charge in [0, 0.05) is 6.54 Å². The van der Waals surface area contributed by atoms with Crippen LogP contribution in [0.1, 0.15) is 19.3 Å². The number of hydrogen-bond donors (Lipinski definition) is 1. The molecule has 0 spiro atoms. The fraction of sp³-hybridized carbons (Fsp3) is 0.368. The second-order valence-corrected chi connectivity index (χ2v) is 6.83. The molecular formula is C19H19ClN2O5. The van der Waals surface area contributed by atoms with E-state index < -0.39 is 18.5 Å². The minimum Gasteiger partial charge on any atom is -0.456 e. The van der Waals surface area contributed by atoms with Crippen LogP contribution in [0.2, 0.25) is 5.02 Å². The molecule has 0 aromatic heterocycles. The van der Waals surface area contributed by atoms with Crippen LogP contribution in [-0.4, -0.2) is 41.7 Å². The van der Waals surface area contributed by atoms with Gasteiger partial charge in [0.1, 0.15) is 0 Å². The number of esters is 1. The maximum Gasteiger partial charge on any atom is 0.308 e. The highest BCUT2D eigenvalue weighted by Gasteiger charge is 2.46. The number of carbonyl (C=O) groups is 4. The molecule has 2 atom stereocenters. The molecule has 7 nitrogen and oxygen atoms in total. The fourth-order valence-electron chi connectivity index (χ4n) is 3.26. The van der Waals surface area contributed by atoms with Crippen LogP contribution in [0.15, 0.2) is 36.4 Å². The summed E-state index contributed by atoms with van der Waals surface area (Å²) in [5, 5.41) is 2.91. The van der Waals surface area contributed by atoms with Gasteiger partial charge in [-0.25, -0.2) is 0 Å².